The number of aromatic nitrogens is 2. The predicted molar refractivity (Wildman–Crippen MR) is 125 cm³/mol. The van der Waals surface area contributed by atoms with E-state index >= 15 is 0 Å². The Kier molecular flexibility index (Phi) is 4.71. The second kappa shape index (κ2) is 7.76. The number of fused-ring (bicyclic) bond motifs is 1. The van der Waals surface area contributed by atoms with E-state index in [0.29, 0.717) is 5.56 Å². The maximum absolute atomic E-state index is 12.8. The first-order valence-electron chi connectivity index (χ1n) is 10.6. The molecule has 0 radical (unpaired) electrons. The average molecular weight is 457 g/mol. The van der Waals surface area contributed by atoms with E-state index in [4.69, 9.17) is 4.74 Å². The number of nitrogens with zero attached hydrogens (tertiary/aromatic N) is 4. The Labute approximate surface area is 194 Å². The Morgan fingerprint density at radius 1 is 1.24 bits per heavy atom. The molecule has 0 aliphatic carbocycles. The first kappa shape index (κ1) is 20.0. The van der Waals surface area contributed by atoms with Crippen molar-refractivity contribution in [1.29, 1.82) is 5.26 Å². The minimum absolute atomic E-state index is 0.0872. The smallest absolute Gasteiger partial charge is 0.319 e. The van der Waals surface area contributed by atoms with Crippen LogP contribution in [-0.2, 0) is 4.74 Å². The number of nitrogens with one attached hydrogen (secondary N) is 2. The molecule has 1 aromatic heterocycles. The van der Waals surface area contributed by atoms with Crippen molar-refractivity contribution in [2.75, 3.05) is 26.3 Å². The van der Waals surface area contributed by atoms with Crippen molar-refractivity contribution >= 4 is 39.3 Å². The largest absolute Gasteiger partial charge is 0.380 e. The Hall–Kier alpha value is -3.61. The highest BCUT2D eigenvalue weighted by atomic mass is 32.2. The summed E-state index contributed by atoms with van der Waals surface area (Å²) in [4.78, 5) is 24.1. The van der Waals surface area contributed by atoms with E-state index in [-0.39, 0.29) is 16.9 Å². The van der Waals surface area contributed by atoms with Gasteiger partial charge < -0.3 is 20.3 Å². The molecule has 2 N–H and O–H groups in total. The van der Waals surface area contributed by atoms with Crippen LogP contribution in [0.3, 0.4) is 0 Å². The molecule has 1 unspecified atom stereocenters. The van der Waals surface area contributed by atoms with Gasteiger partial charge in [0.1, 0.15) is 6.33 Å². The summed E-state index contributed by atoms with van der Waals surface area (Å²) in [7, 11) is 0. The van der Waals surface area contributed by atoms with Crippen LogP contribution < -0.4 is 10.6 Å². The van der Waals surface area contributed by atoms with Gasteiger partial charge in [-0.05, 0) is 29.8 Å². The number of urea groups is 1. The van der Waals surface area contributed by atoms with Crippen molar-refractivity contribution in [2.45, 2.75) is 5.50 Å². The maximum atomic E-state index is 12.8. The number of ether oxygens (including phenoxy) is 1. The second-order valence-corrected chi connectivity index (χ2v) is 9.75. The van der Waals surface area contributed by atoms with Crippen LogP contribution in [0.1, 0.15) is 16.7 Å². The number of carbonyl (C=O) groups is 1. The van der Waals surface area contributed by atoms with Crippen LogP contribution in [-0.4, -0.2) is 52.7 Å². The zero-order valence-corrected chi connectivity index (χ0v) is 18.4. The number of thioether (sulfide) groups is 1. The van der Waals surface area contributed by atoms with Crippen molar-refractivity contribution in [2.24, 2.45) is 5.41 Å². The highest BCUT2D eigenvalue weighted by Crippen LogP contribution is 2.43. The van der Waals surface area contributed by atoms with Crippen molar-refractivity contribution in [1.82, 2.24) is 25.5 Å². The molecule has 9 heteroatoms. The first-order valence-corrected chi connectivity index (χ1v) is 11.5. The monoisotopic (exact) mass is 456 g/mol. The molecular weight excluding hydrogens is 436 g/mol. The van der Waals surface area contributed by atoms with E-state index in [9.17, 15) is 10.1 Å². The molecule has 2 saturated heterocycles. The molecule has 2 fully saturated rings. The average Bonchev–Trinajstić information content (AvgIpc) is 3.20. The normalized spacial score (nSPS) is 20.7. The van der Waals surface area contributed by atoms with Gasteiger partial charge in [-0.3, -0.25) is 0 Å². The van der Waals surface area contributed by atoms with Gasteiger partial charge >= 0.3 is 6.03 Å². The zero-order chi connectivity index (χ0) is 22.4. The van der Waals surface area contributed by atoms with Crippen LogP contribution in [0.25, 0.3) is 21.5 Å². The topological polar surface area (TPSA) is 103 Å². The van der Waals surface area contributed by atoms with Crippen molar-refractivity contribution in [3.05, 3.63) is 71.7 Å². The number of hydrogen-bond acceptors (Lipinski definition) is 7. The lowest BCUT2D eigenvalue weighted by molar-refractivity contribution is -0.175. The molecule has 3 aliphatic heterocycles. The summed E-state index contributed by atoms with van der Waals surface area (Å²) in [5.41, 5.74) is 4.07. The molecule has 0 saturated carbocycles. The van der Waals surface area contributed by atoms with Gasteiger partial charge in [0, 0.05) is 35.1 Å². The summed E-state index contributed by atoms with van der Waals surface area (Å²) >= 11 is 1.55. The third-order valence-corrected chi connectivity index (χ3v) is 7.34. The van der Waals surface area contributed by atoms with Gasteiger partial charge in [0.25, 0.3) is 0 Å². The van der Waals surface area contributed by atoms with Crippen molar-refractivity contribution in [3.63, 3.8) is 0 Å². The summed E-state index contributed by atoms with van der Waals surface area (Å²) in [5.74, 6) is 0. The zero-order valence-electron chi connectivity index (χ0n) is 17.6. The van der Waals surface area contributed by atoms with Crippen LogP contribution in [0.5, 0.6) is 0 Å². The number of nitriles is 1. The molecule has 8 nitrogen and oxygen atoms in total. The standard InChI is InChI=1S/C24H20N6O2S/c25-8-15-2-1-3-16(6-15)20-21(17-4-5-19-18(7-17)9-26-14-27-19)33-22(28-20)29-23(31)30-10-24(11-30)12-32-13-24/h1-7,9,14,22,28H,10-13H2,(H,29,31). The first-order chi connectivity index (χ1) is 16.1. The lowest BCUT2D eigenvalue weighted by atomic mass is 9.78. The van der Waals surface area contributed by atoms with Crippen molar-refractivity contribution in [3.8, 4) is 6.07 Å². The van der Waals surface area contributed by atoms with Crippen LogP contribution >= 0.6 is 11.8 Å². The Morgan fingerprint density at radius 2 is 2.12 bits per heavy atom. The minimum Gasteiger partial charge on any atom is -0.380 e. The minimum atomic E-state index is -0.329. The van der Waals surface area contributed by atoms with Gasteiger partial charge in [0.15, 0.2) is 5.50 Å². The van der Waals surface area contributed by atoms with E-state index in [2.05, 4.69) is 26.7 Å². The highest BCUT2D eigenvalue weighted by Gasteiger charge is 2.51. The van der Waals surface area contributed by atoms with E-state index in [1.165, 1.54) is 6.33 Å². The van der Waals surface area contributed by atoms with Gasteiger partial charge in [0.05, 0.1) is 41.5 Å². The molecular formula is C24H20N6O2S. The van der Waals surface area contributed by atoms with Gasteiger partial charge in [-0.1, -0.05) is 30.0 Å². The van der Waals surface area contributed by atoms with E-state index in [0.717, 1.165) is 58.9 Å². The summed E-state index contributed by atoms with van der Waals surface area (Å²) < 4.78 is 5.30. The third kappa shape index (κ3) is 3.57. The Bertz CT molecular complexity index is 1340. The van der Waals surface area contributed by atoms with E-state index in [1.807, 2.05) is 41.3 Å². The molecule has 164 valence electrons. The van der Waals surface area contributed by atoms with Crippen LogP contribution in [0.4, 0.5) is 4.79 Å². The SMILES string of the molecule is N#Cc1cccc(C2=C(c3ccc4ncncc4c3)SC(NC(=O)N3CC4(COC4)C3)N2)c1. The molecule has 33 heavy (non-hydrogen) atoms. The fraction of sp³-hybridized carbons (Fsp3) is 0.250. The molecule has 2 amide bonds. The molecule has 4 heterocycles. The number of amides is 2. The fourth-order valence-corrected chi connectivity index (χ4v) is 5.58. The van der Waals surface area contributed by atoms with E-state index < -0.39 is 0 Å². The number of carbonyl (C=O) groups excluding carboxylic acids is 1. The molecule has 0 bridgehead atoms. The Morgan fingerprint density at radius 3 is 2.91 bits per heavy atom. The Balaban J connectivity index is 1.29. The summed E-state index contributed by atoms with van der Waals surface area (Å²) in [6.07, 6.45) is 3.33. The van der Waals surface area contributed by atoms with Gasteiger partial charge in [-0.2, -0.15) is 5.26 Å². The van der Waals surface area contributed by atoms with Crippen LogP contribution in [0, 0.1) is 16.7 Å². The van der Waals surface area contributed by atoms with Gasteiger partial charge in [-0.25, -0.2) is 14.8 Å². The summed E-state index contributed by atoms with van der Waals surface area (Å²) in [6, 6.07) is 15.6. The lowest BCUT2D eigenvalue weighted by Crippen LogP contribution is -2.69. The third-order valence-electron chi connectivity index (χ3n) is 6.20. The molecule has 1 spiro atoms. The predicted octanol–water partition coefficient (Wildman–Crippen LogP) is 2.99. The fourth-order valence-electron chi connectivity index (χ4n) is 4.45. The quantitative estimate of drug-likeness (QED) is 0.625. The number of benzene rings is 2. The number of likely N-dealkylation sites (tertiary alicyclic amines) is 1. The molecule has 3 aliphatic rings. The maximum Gasteiger partial charge on any atom is 0.319 e. The molecule has 2 aromatic carbocycles. The summed E-state index contributed by atoms with van der Waals surface area (Å²) in [6.45, 7) is 2.95. The van der Waals surface area contributed by atoms with Crippen molar-refractivity contribution < 1.29 is 9.53 Å². The number of hydrogen-bond donors (Lipinski definition) is 2. The molecule has 6 rings (SSSR count). The van der Waals surface area contributed by atoms with Gasteiger partial charge in [-0.15, -0.1) is 0 Å². The van der Waals surface area contributed by atoms with E-state index in [1.54, 1.807) is 24.0 Å². The summed E-state index contributed by atoms with van der Waals surface area (Å²) in [5, 5.41) is 16.9. The number of rotatable bonds is 3. The second-order valence-electron chi connectivity index (χ2n) is 8.63. The molecule has 3 aromatic rings. The van der Waals surface area contributed by atoms with Gasteiger partial charge in [0.2, 0.25) is 0 Å². The van der Waals surface area contributed by atoms with Crippen LogP contribution in [0.15, 0.2) is 55.0 Å². The molecule has 1 atom stereocenters. The van der Waals surface area contributed by atoms with Crippen LogP contribution in [0.2, 0.25) is 0 Å². The highest BCUT2D eigenvalue weighted by molar-refractivity contribution is 8.09. The lowest BCUT2D eigenvalue weighted by Gasteiger charge is -2.54.